The van der Waals surface area contributed by atoms with E-state index in [1.165, 1.54) is 42.2 Å². The quantitative estimate of drug-likeness (QED) is 0.280. The highest BCUT2D eigenvalue weighted by atomic mass is 32.1. The maximum Gasteiger partial charge on any atom is 0.207 e. The average molecular weight is 490 g/mol. The fraction of sp³-hybridized carbons (Fsp3) is 0.214. The topological polar surface area (TPSA) is 37.7 Å². The van der Waals surface area contributed by atoms with Crippen LogP contribution in [0.5, 0.6) is 5.75 Å². The Morgan fingerprint density at radius 2 is 1.69 bits per heavy atom. The Balaban J connectivity index is 1.51. The fourth-order valence-corrected chi connectivity index (χ4v) is 5.03. The second kappa shape index (κ2) is 9.58. The first kappa shape index (κ1) is 23.2. The zero-order chi connectivity index (χ0) is 24.5. The minimum atomic E-state index is -0.430. The van der Waals surface area contributed by atoms with Gasteiger partial charge in [0.25, 0.3) is 0 Å². The van der Waals surface area contributed by atoms with Crippen molar-refractivity contribution >= 4 is 22.2 Å². The largest absolute Gasteiger partial charge is 0.494 e. The molecule has 0 saturated heterocycles. The summed E-state index contributed by atoms with van der Waals surface area (Å²) in [4.78, 5) is 4.79. The smallest absolute Gasteiger partial charge is 0.207 e. The Labute approximate surface area is 207 Å². The van der Waals surface area contributed by atoms with Crippen molar-refractivity contribution in [1.82, 2.24) is 4.98 Å². The molecule has 35 heavy (non-hydrogen) atoms. The van der Waals surface area contributed by atoms with Crippen molar-refractivity contribution in [3.05, 3.63) is 100 Å². The third-order valence-corrected chi connectivity index (χ3v) is 7.04. The second-order valence-corrected chi connectivity index (χ2v) is 9.64. The van der Waals surface area contributed by atoms with Gasteiger partial charge in [-0.25, -0.2) is 18.8 Å². The lowest BCUT2D eigenvalue weighted by atomic mass is 9.95. The Morgan fingerprint density at radius 3 is 2.34 bits per heavy atom. The Morgan fingerprint density at radius 1 is 0.971 bits per heavy atom. The molecule has 3 aromatic carbocycles. The molecule has 0 radical (unpaired) electrons. The molecule has 0 bridgehead atoms. The monoisotopic (exact) mass is 489 g/mol. The second-order valence-electron chi connectivity index (χ2n) is 8.80. The predicted molar refractivity (Wildman–Crippen MR) is 137 cm³/mol. The molecule has 0 fully saturated rings. The van der Waals surface area contributed by atoms with Gasteiger partial charge in [0.15, 0.2) is 11.6 Å². The van der Waals surface area contributed by atoms with Gasteiger partial charge < -0.3 is 4.74 Å². The van der Waals surface area contributed by atoms with Crippen LogP contribution in [0, 0.1) is 11.6 Å². The van der Waals surface area contributed by atoms with Gasteiger partial charge in [-0.2, -0.15) is 5.10 Å². The van der Waals surface area contributed by atoms with Crippen LogP contribution in [0.2, 0.25) is 0 Å². The molecule has 0 aliphatic carbocycles. The number of anilines is 1. The highest BCUT2D eigenvalue weighted by molar-refractivity contribution is 7.14. The van der Waals surface area contributed by atoms with Gasteiger partial charge in [-0.1, -0.05) is 50.2 Å². The first-order chi connectivity index (χ1) is 16.9. The van der Waals surface area contributed by atoms with E-state index < -0.39 is 5.82 Å². The van der Waals surface area contributed by atoms with Crippen molar-refractivity contribution in [2.75, 3.05) is 12.1 Å². The number of benzene rings is 3. The Hall–Kier alpha value is -3.58. The van der Waals surface area contributed by atoms with Crippen molar-refractivity contribution in [2.24, 2.45) is 5.10 Å². The van der Waals surface area contributed by atoms with Crippen molar-refractivity contribution in [3.63, 3.8) is 0 Å². The predicted octanol–water partition coefficient (Wildman–Crippen LogP) is 7.58. The van der Waals surface area contributed by atoms with E-state index in [0.717, 1.165) is 16.8 Å². The van der Waals surface area contributed by atoms with Gasteiger partial charge in [-0.3, -0.25) is 0 Å². The number of hydrogen-bond acceptors (Lipinski definition) is 5. The minimum absolute atomic E-state index is 0.0529. The number of halogens is 2. The van der Waals surface area contributed by atoms with Crippen LogP contribution in [-0.2, 0) is 0 Å². The minimum Gasteiger partial charge on any atom is -0.494 e. The van der Waals surface area contributed by atoms with Crippen LogP contribution >= 0.6 is 11.3 Å². The molecule has 5 rings (SSSR count). The SMILES string of the molecule is COc1ccc(-c2csc(N3N=C(c4ccc(F)cc4)C[C@@H]3c3ccc(C(C)C)cc3)n2)cc1F. The van der Waals surface area contributed by atoms with E-state index in [-0.39, 0.29) is 17.6 Å². The number of thiazole rings is 1. The summed E-state index contributed by atoms with van der Waals surface area (Å²) in [5.41, 5.74) is 5.50. The number of ether oxygens (including phenoxy) is 1. The molecule has 0 unspecified atom stereocenters. The third kappa shape index (κ3) is 4.68. The van der Waals surface area contributed by atoms with Crippen LogP contribution in [0.25, 0.3) is 11.3 Å². The standard InChI is InChI=1S/C28H25F2N3OS/c1-17(2)18-4-6-20(7-5-18)26-15-24(19-8-11-22(29)12-9-19)32-33(26)28-31-25(16-35-28)21-10-13-27(34-3)23(30)14-21/h4-14,16-17,26H,15H2,1-3H3/t26-/m1/s1. The van der Waals surface area contributed by atoms with Crippen molar-refractivity contribution in [2.45, 2.75) is 32.2 Å². The van der Waals surface area contributed by atoms with E-state index in [2.05, 4.69) is 38.1 Å². The van der Waals surface area contributed by atoms with Crippen molar-refractivity contribution in [3.8, 4) is 17.0 Å². The van der Waals surface area contributed by atoms with E-state index in [1.807, 2.05) is 10.4 Å². The van der Waals surface area contributed by atoms with Gasteiger partial charge in [0.2, 0.25) is 5.13 Å². The molecule has 4 nitrogen and oxygen atoms in total. The molecule has 0 spiro atoms. The van der Waals surface area contributed by atoms with Crippen LogP contribution < -0.4 is 9.75 Å². The molecule has 7 heteroatoms. The molecule has 178 valence electrons. The van der Waals surface area contributed by atoms with E-state index in [4.69, 9.17) is 14.8 Å². The number of hydrogen-bond donors (Lipinski definition) is 0. The lowest BCUT2D eigenvalue weighted by Gasteiger charge is -2.21. The highest BCUT2D eigenvalue weighted by Crippen LogP contribution is 2.40. The summed E-state index contributed by atoms with van der Waals surface area (Å²) in [6.07, 6.45) is 0.665. The zero-order valence-corrected chi connectivity index (χ0v) is 20.5. The molecule has 1 aromatic heterocycles. The number of aromatic nitrogens is 1. The van der Waals surface area contributed by atoms with E-state index in [1.54, 1.807) is 24.3 Å². The van der Waals surface area contributed by atoms with Gasteiger partial charge in [-0.05, 0) is 52.9 Å². The lowest BCUT2D eigenvalue weighted by molar-refractivity contribution is 0.386. The van der Waals surface area contributed by atoms with Gasteiger partial charge in [0.05, 0.1) is 24.6 Å². The average Bonchev–Trinajstić information content (AvgIpc) is 3.52. The number of nitrogens with zero attached hydrogens (tertiary/aromatic N) is 3. The van der Waals surface area contributed by atoms with Crippen LogP contribution in [0.15, 0.2) is 77.2 Å². The lowest BCUT2D eigenvalue weighted by Crippen LogP contribution is -2.18. The maximum absolute atomic E-state index is 14.3. The summed E-state index contributed by atoms with van der Waals surface area (Å²) in [5.74, 6) is -0.0647. The summed E-state index contributed by atoms with van der Waals surface area (Å²) in [5, 5.41) is 9.45. The Bertz CT molecular complexity index is 1360. The first-order valence-corrected chi connectivity index (χ1v) is 12.3. The number of hydrazone groups is 1. The van der Waals surface area contributed by atoms with Gasteiger partial charge in [-0.15, -0.1) is 11.3 Å². The van der Waals surface area contributed by atoms with Crippen LogP contribution in [0.1, 0.15) is 48.9 Å². The van der Waals surface area contributed by atoms with Gasteiger partial charge in [0, 0.05) is 17.4 Å². The molecule has 2 heterocycles. The molecular formula is C28H25F2N3OS. The first-order valence-electron chi connectivity index (χ1n) is 11.4. The van der Waals surface area contributed by atoms with Crippen LogP contribution in [-0.4, -0.2) is 17.8 Å². The normalized spacial score (nSPS) is 15.5. The number of rotatable bonds is 6. The van der Waals surface area contributed by atoms with E-state index in [9.17, 15) is 8.78 Å². The molecule has 1 aliphatic heterocycles. The molecule has 0 saturated carbocycles. The van der Waals surface area contributed by atoms with E-state index in [0.29, 0.717) is 28.7 Å². The maximum atomic E-state index is 14.3. The van der Waals surface area contributed by atoms with Gasteiger partial charge in [0.1, 0.15) is 5.82 Å². The van der Waals surface area contributed by atoms with Gasteiger partial charge >= 0.3 is 0 Å². The molecular weight excluding hydrogens is 464 g/mol. The number of methoxy groups -OCH3 is 1. The summed E-state index contributed by atoms with van der Waals surface area (Å²) in [6.45, 7) is 4.34. The zero-order valence-electron chi connectivity index (χ0n) is 19.7. The third-order valence-electron chi connectivity index (χ3n) is 6.21. The molecule has 0 amide bonds. The summed E-state index contributed by atoms with van der Waals surface area (Å²) in [6, 6.07) is 19.8. The van der Waals surface area contributed by atoms with E-state index >= 15 is 0 Å². The fourth-order valence-electron chi connectivity index (χ4n) is 4.19. The van der Waals surface area contributed by atoms with Crippen molar-refractivity contribution in [1.29, 1.82) is 0 Å². The molecule has 1 atom stereocenters. The van der Waals surface area contributed by atoms with Crippen molar-refractivity contribution < 1.29 is 13.5 Å². The summed E-state index contributed by atoms with van der Waals surface area (Å²) < 4.78 is 32.8. The summed E-state index contributed by atoms with van der Waals surface area (Å²) in [7, 11) is 1.44. The highest BCUT2D eigenvalue weighted by Gasteiger charge is 2.32. The molecule has 0 N–H and O–H groups in total. The summed E-state index contributed by atoms with van der Waals surface area (Å²) >= 11 is 1.46. The molecule has 4 aromatic rings. The van der Waals surface area contributed by atoms with Crippen LogP contribution in [0.4, 0.5) is 13.9 Å². The Kier molecular flexibility index (Phi) is 6.34. The van der Waals surface area contributed by atoms with Crippen LogP contribution in [0.3, 0.4) is 0 Å². The molecule has 1 aliphatic rings.